The Morgan fingerprint density at radius 3 is 2.53 bits per heavy atom. The number of hydrogen-bond acceptors (Lipinski definition) is 3. The molecule has 0 aliphatic rings. The highest BCUT2D eigenvalue weighted by molar-refractivity contribution is 7.99. The van der Waals surface area contributed by atoms with Gasteiger partial charge in [0.15, 0.2) is 0 Å². The number of alkyl halides is 3. The lowest BCUT2D eigenvalue weighted by Gasteiger charge is -2.12. The van der Waals surface area contributed by atoms with Gasteiger partial charge in [0.25, 0.3) is 0 Å². The van der Waals surface area contributed by atoms with Crippen molar-refractivity contribution in [1.29, 1.82) is 5.41 Å². The molecule has 106 valence electrons. The van der Waals surface area contributed by atoms with Crippen LogP contribution in [0, 0.1) is 18.2 Å². The Kier molecular flexibility index (Phi) is 5.22. The molecule has 0 saturated carbocycles. The number of nitrogens with one attached hydrogen (secondary N) is 1. The van der Waals surface area contributed by atoms with Gasteiger partial charge in [-0.3, -0.25) is 5.41 Å². The largest absolute Gasteiger partial charge is 0.478 e. The maximum Gasteiger partial charge on any atom is 0.398 e. The van der Waals surface area contributed by atoms with Gasteiger partial charge in [0, 0.05) is 4.90 Å². The molecule has 2 nitrogen and oxygen atoms in total. The van der Waals surface area contributed by atoms with Crippen molar-refractivity contribution in [2.75, 3.05) is 12.4 Å². The first kappa shape index (κ1) is 15.8. The summed E-state index contributed by atoms with van der Waals surface area (Å²) in [6.45, 7) is 3.35. The first-order chi connectivity index (χ1) is 8.74. The minimum Gasteiger partial charge on any atom is -0.478 e. The second-order valence-electron chi connectivity index (χ2n) is 3.76. The van der Waals surface area contributed by atoms with E-state index in [1.807, 2.05) is 0 Å². The molecule has 0 aromatic heterocycles. The average molecular weight is 295 g/mol. The fourth-order valence-electron chi connectivity index (χ4n) is 1.36. The third-order valence-corrected chi connectivity index (χ3v) is 3.41. The number of halogens is 4. The van der Waals surface area contributed by atoms with Gasteiger partial charge in [-0.2, -0.15) is 13.2 Å². The molecule has 0 atom stereocenters. The Hall–Kier alpha value is -1.24. The SMILES string of the molecule is CCOC(=N)c1cc(SCC(F)(F)F)c(C)cc1F. The van der Waals surface area contributed by atoms with Crippen molar-refractivity contribution in [1.82, 2.24) is 0 Å². The van der Waals surface area contributed by atoms with Gasteiger partial charge in [-0.05, 0) is 31.5 Å². The molecule has 1 rings (SSSR count). The maximum atomic E-state index is 13.6. The van der Waals surface area contributed by atoms with E-state index in [1.165, 1.54) is 13.0 Å². The van der Waals surface area contributed by atoms with E-state index in [0.29, 0.717) is 17.3 Å². The Morgan fingerprint density at radius 2 is 2.00 bits per heavy atom. The lowest BCUT2D eigenvalue weighted by molar-refractivity contribution is -0.105. The number of ether oxygens (including phenoxy) is 1. The maximum absolute atomic E-state index is 13.6. The minimum atomic E-state index is -4.29. The van der Waals surface area contributed by atoms with E-state index in [1.54, 1.807) is 6.92 Å². The first-order valence-corrected chi connectivity index (χ1v) is 6.44. The normalized spacial score (nSPS) is 11.5. The molecule has 0 bridgehead atoms. The second kappa shape index (κ2) is 6.27. The van der Waals surface area contributed by atoms with Gasteiger partial charge < -0.3 is 4.74 Å². The summed E-state index contributed by atoms with van der Waals surface area (Å²) < 4.78 is 55.0. The van der Waals surface area contributed by atoms with Gasteiger partial charge in [-0.25, -0.2) is 4.39 Å². The number of hydrogen-bond donors (Lipinski definition) is 1. The van der Waals surface area contributed by atoms with Crippen molar-refractivity contribution in [3.8, 4) is 0 Å². The summed E-state index contributed by atoms with van der Waals surface area (Å²) >= 11 is 0.568. The molecular weight excluding hydrogens is 282 g/mol. The van der Waals surface area contributed by atoms with E-state index in [0.717, 1.165) is 6.07 Å². The molecular formula is C12H13F4NOS. The van der Waals surface area contributed by atoms with Crippen molar-refractivity contribution >= 4 is 17.7 Å². The molecule has 7 heteroatoms. The Bertz CT molecular complexity index is 474. The van der Waals surface area contributed by atoms with Crippen LogP contribution in [0.15, 0.2) is 17.0 Å². The fourth-order valence-corrected chi connectivity index (χ4v) is 2.17. The summed E-state index contributed by atoms with van der Waals surface area (Å²) in [4.78, 5) is 0.290. The molecule has 1 N–H and O–H groups in total. The summed E-state index contributed by atoms with van der Waals surface area (Å²) in [6, 6.07) is 2.33. The molecule has 1 aromatic rings. The van der Waals surface area contributed by atoms with Crippen LogP contribution in [0.2, 0.25) is 0 Å². The predicted octanol–water partition coefficient (Wildman–Crippen LogP) is 4.15. The van der Waals surface area contributed by atoms with E-state index >= 15 is 0 Å². The first-order valence-electron chi connectivity index (χ1n) is 5.46. The number of thioether (sulfide) groups is 1. The Balaban J connectivity index is 2.99. The summed E-state index contributed by atoms with van der Waals surface area (Å²) in [5, 5.41) is 7.50. The molecule has 19 heavy (non-hydrogen) atoms. The molecule has 0 unspecified atom stereocenters. The smallest absolute Gasteiger partial charge is 0.398 e. The van der Waals surface area contributed by atoms with Gasteiger partial charge >= 0.3 is 6.18 Å². The third-order valence-electron chi connectivity index (χ3n) is 2.19. The molecule has 0 amide bonds. The lowest BCUT2D eigenvalue weighted by atomic mass is 10.1. The van der Waals surface area contributed by atoms with Crippen LogP contribution in [0.3, 0.4) is 0 Å². The van der Waals surface area contributed by atoms with Gasteiger partial charge in [0.1, 0.15) is 5.82 Å². The Labute approximate surface area is 112 Å². The van der Waals surface area contributed by atoms with E-state index in [4.69, 9.17) is 10.1 Å². The molecule has 0 fully saturated rings. The zero-order valence-corrected chi connectivity index (χ0v) is 11.2. The van der Waals surface area contributed by atoms with Gasteiger partial charge in [0.2, 0.25) is 5.90 Å². The van der Waals surface area contributed by atoms with E-state index in [-0.39, 0.29) is 23.0 Å². The standard InChI is InChI=1S/C12H13F4NOS/c1-3-18-11(17)8-5-10(7(2)4-9(8)13)19-6-12(14,15)16/h4-5,17H,3,6H2,1-2H3. The summed E-state index contributed by atoms with van der Waals surface area (Å²) in [5.41, 5.74) is 0.275. The highest BCUT2D eigenvalue weighted by atomic mass is 32.2. The van der Waals surface area contributed by atoms with Crippen LogP contribution in [0.25, 0.3) is 0 Å². The predicted molar refractivity (Wildman–Crippen MR) is 66.4 cm³/mol. The van der Waals surface area contributed by atoms with Gasteiger partial charge in [0.05, 0.1) is 17.9 Å². The topological polar surface area (TPSA) is 33.1 Å². The fraction of sp³-hybridized carbons (Fsp3) is 0.417. The summed E-state index contributed by atoms with van der Waals surface area (Å²) in [7, 11) is 0. The van der Waals surface area contributed by atoms with Crippen LogP contribution in [0.4, 0.5) is 17.6 Å². The lowest BCUT2D eigenvalue weighted by Crippen LogP contribution is -2.11. The molecule has 0 aliphatic heterocycles. The van der Waals surface area contributed by atoms with Crippen molar-refractivity contribution in [3.05, 3.63) is 29.1 Å². The van der Waals surface area contributed by atoms with Gasteiger partial charge in [-0.1, -0.05) is 0 Å². The zero-order valence-electron chi connectivity index (χ0n) is 10.4. The average Bonchev–Trinajstić information content (AvgIpc) is 2.26. The molecule has 0 spiro atoms. The van der Waals surface area contributed by atoms with Crippen molar-refractivity contribution in [2.24, 2.45) is 0 Å². The van der Waals surface area contributed by atoms with E-state index < -0.39 is 17.7 Å². The zero-order chi connectivity index (χ0) is 14.6. The molecule has 0 radical (unpaired) electrons. The summed E-state index contributed by atoms with van der Waals surface area (Å²) in [6.07, 6.45) is -4.29. The monoisotopic (exact) mass is 295 g/mol. The van der Waals surface area contributed by atoms with Crippen molar-refractivity contribution in [2.45, 2.75) is 24.9 Å². The van der Waals surface area contributed by atoms with E-state index in [9.17, 15) is 17.6 Å². The highest BCUT2D eigenvalue weighted by Crippen LogP contribution is 2.31. The van der Waals surface area contributed by atoms with E-state index in [2.05, 4.69) is 0 Å². The van der Waals surface area contributed by atoms with Crippen LogP contribution < -0.4 is 0 Å². The van der Waals surface area contributed by atoms with Crippen LogP contribution in [0.5, 0.6) is 0 Å². The van der Waals surface area contributed by atoms with Crippen molar-refractivity contribution < 1.29 is 22.3 Å². The Morgan fingerprint density at radius 1 is 1.37 bits per heavy atom. The molecule has 0 heterocycles. The van der Waals surface area contributed by atoms with Crippen molar-refractivity contribution in [3.63, 3.8) is 0 Å². The van der Waals surface area contributed by atoms with Gasteiger partial charge in [-0.15, -0.1) is 11.8 Å². The number of rotatable bonds is 4. The second-order valence-corrected chi connectivity index (χ2v) is 4.78. The number of benzene rings is 1. The molecule has 0 saturated heterocycles. The quantitative estimate of drug-likeness (QED) is 0.392. The van der Waals surface area contributed by atoms with Crippen LogP contribution in [0.1, 0.15) is 18.1 Å². The minimum absolute atomic E-state index is 0.128. The highest BCUT2D eigenvalue weighted by Gasteiger charge is 2.28. The number of aryl methyl sites for hydroxylation is 1. The summed E-state index contributed by atoms with van der Waals surface area (Å²) in [5.74, 6) is -2.11. The van der Waals surface area contributed by atoms with Crippen LogP contribution >= 0.6 is 11.8 Å². The third kappa shape index (κ3) is 4.74. The van der Waals surface area contributed by atoms with Crippen LogP contribution in [-0.2, 0) is 4.74 Å². The molecule has 1 aromatic carbocycles. The van der Waals surface area contributed by atoms with Crippen LogP contribution in [-0.4, -0.2) is 24.4 Å². The molecule has 0 aliphatic carbocycles.